The Bertz CT molecular complexity index is 920. The summed E-state index contributed by atoms with van der Waals surface area (Å²) in [5.74, 6) is -0.432. The Hall–Kier alpha value is -3.67. The van der Waals surface area contributed by atoms with Gasteiger partial charge in [-0.25, -0.2) is 19.2 Å². The van der Waals surface area contributed by atoms with Crippen molar-refractivity contribution in [2.75, 3.05) is 61.6 Å². The van der Waals surface area contributed by atoms with Crippen molar-refractivity contribution in [3.63, 3.8) is 0 Å². The molecule has 12 heteroatoms. The third-order valence-electron chi connectivity index (χ3n) is 4.87. The molecule has 1 aromatic carbocycles. The van der Waals surface area contributed by atoms with Crippen molar-refractivity contribution in [3.8, 4) is 0 Å². The number of carbonyl (C=O) groups is 1. The Morgan fingerprint density at radius 2 is 1.91 bits per heavy atom. The zero-order chi connectivity index (χ0) is 22.9. The highest BCUT2D eigenvalue weighted by atomic mass is 19.1. The second-order valence-corrected chi connectivity index (χ2v) is 7.02. The van der Waals surface area contributed by atoms with Crippen LogP contribution in [0.2, 0.25) is 0 Å². The maximum atomic E-state index is 15.0. The Labute approximate surface area is 185 Å². The number of piperazine rings is 1. The van der Waals surface area contributed by atoms with Crippen LogP contribution in [0.25, 0.3) is 0 Å². The highest BCUT2D eigenvalue weighted by Crippen LogP contribution is 2.25. The number of rotatable bonds is 8. The molecule has 3 rings (SSSR count). The molecule has 1 aromatic heterocycles. The van der Waals surface area contributed by atoms with Crippen LogP contribution in [0, 0.1) is 11.2 Å². The van der Waals surface area contributed by atoms with Gasteiger partial charge in [0.2, 0.25) is 5.95 Å². The van der Waals surface area contributed by atoms with Gasteiger partial charge in [0.15, 0.2) is 11.8 Å². The van der Waals surface area contributed by atoms with Crippen LogP contribution in [-0.4, -0.2) is 68.5 Å². The number of anilines is 3. The standard InChI is InChI=1S/C20H27FN8O3/c1-31-10-5-24-19-25-11-15(12-26-19)28-6-8-29(9-7-28)16-4-2-3-14(17(16)21)13-32-20(30)27-18(22)23/h2-4,11-12H,5-10,13H2,1H3,(H,24,25,26)(H4,22,23,27,30). The molecule has 1 aliphatic rings. The summed E-state index contributed by atoms with van der Waals surface area (Å²) < 4.78 is 24.9. The maximum absolute atomic E-state index is 15.0. The molecule has 1 amide bonds. The van der Waals surface area contributed by atoms with Gasteiger partial charge in [0.1, 0.15) is 6.61 Å². The predicted octanol–water partition coefficient (Wildman–Crippen LogP) is 1.12. The largest absolute Gasteiger partial charge is 0.444 e. The first-order chi connectivity index (χ1) is 15.5. The molecule has 172 valence electrons. The molecule has 0 aliphatic carbocycles. The summed E-state index contributed by atoms with van der Waals surface area (Å²) in [7, 11) is 1.64. The fourth-order valence-electron chi connectivity index (χ4n) is 3.26. The van der Waals surface area contributed by atoms with E-state index in [0.717, 1.165) is 5.69 Å². The Morgan fingerprint density at radius 3 is 2.56 bits per heavy atom. The summed E-state index contributed by atoms with van der Waals surface area (Å²) in [5.41, 5.74) is 6.67. The molecule has 2 aromatic rings. The minimum absolute atomic E-state index is 0.244. The van der Waals surface area contributed by atoms with Crippen molar-refractivity contribution in [1.29, 1.82) is 5.41 Å². The van der Waals surface area contributed by atoms with Gasteiger partial charge in [-0.2, -0.15) is 0 Å². The molecule has 0 saturated carbocycles. The van der Waals surface area contributed by atoms with Crippen LogP contribution in [-0.2, 0) is 16.1 Å². The fraction of sp³-hybridized carbons (Fsp3) is 0.400. The number of halogens is 1. The third kappa shape index (κ3) is 6.17. The topological polar surface area (TPSA) is 142 Å². The summed E-state index contributed by atoms with van der Waals surface area (Å²) in [4.78, 5) is 24.2. The summed E-state index contributed by atoms with van der Waals surface area (Å²) >= 11 is 0. The Kier molecular flexibility index (Phi) is 7.97. The number of amides is 1. The van der Waals surface area contributed by atoms with Crippen molar-refractivity contribution in [3.05, 3.63) is 42.0 Å². The number of nitrogens with one attached hydrogen (secondary N) is 3. The second-order valence-electron chi connectivity index (χ2n) is 7.02. The predicted molar refractivity (Wildman–Crippen MR) is 118 cm³/mol. The highest BCUT2D eigenvalue weighted by molar-refractivity contribution is 5.90. The molecule has 0 radical (unpaired) electrons. The number of hydrogen-bond donors (Lipinski definition) is 4. The van der Waals surface area contributed by atoms with E-state index in [4.69, 9.17) is 20.6 Å². The van der Waals surface area contributed by atoms with E-state index in [1.807, 2.05) is 10.2 Å². The lowest BCUT2D eigenvalue weighted by Gasteiger charge is -2.37. The average Bonchev–Trinajstić information content (AvgIpc) is 2.79. The lowest BCUT2D eigenvalue weighted by Crippen LogP contribution is -2.47. The van der Waals surface area contributed by atoms with Crippen molar-refractivity contribution in [1.82, 2.24) is 15.3 Å². The van der Waals surface area contributed by atoms with E-state index in [9.17, 15) is 9.18 Å². The van der Waals surface area contributed by atoms with E-state index >= 15 is 0 Å². The van der Waals surface area contributed by atoms with E-state index in [1.54, 1.807) is 37.7 Å². The third-order valence-corrected chi connectivity index (χ3v) is 4.87. The number of methoxy groups -OCH3 is 1. The number of carbonyl (C=O) groups excluding carboxylic acids is 1. The number of guanidine groups is 1. The fourth-order valence-corrected chi connectivity index (χ4v) is 3.26. The zero-order valence-electron chi connectivity index (χ0n) is 17.8. The van der Waals surface area contributed by atoms with Gasteiger partial charge in [-0.3, -0.25) is 10.7 Å². The van der Waals surface area contributed by atoms with E-state index in [1.165, 1.54) is 0 Å². The number of hydrogen-bond acceptors (Lipinski definition) is 9. The van der Waals surface area contributed by atoms with Crippen LogP contribution < -0.4 is 26.2 Å². The Morgan fingerprint density at radius 1 is 1.22 bits per heavy atom. The first-order valence-corrected chi connectivity index (χ1v) is 10.1. The monoisotopic (exact) mass is 446 g/mol. The van der Waals surface area contributed by atoms with Crippen molar-refractivity contribution < 1.29 is 18.7 Å². The molecule has 1 fully saturated rings. The molecule has 0 atom stereocenters. The smallest absolute Gasteiger partial charge is 0.414 e. The van der Waals surface area contributed by atoms with Crippen molar-refractivity contribution in [2.45, 2.75) is 6.61 Å². The molecule has 0 bridgehead atoms. The number of nitrogens with two attached hydrogens (primary N) is 1. The molecule has 1 aliphatic heterocycles. The van der Waals surface area contributed by atoms with Gasteiger partial charge in [-0.05, 0) is 6.07 Å². The van der Waals surface area contributed by atoms with Crippen molar-refractivity contribution in [2.24, 2.45) is 5.73 Å². The molecule has 5 N–H and O–H groups in total. The van der Waals surface area contributed by atoms with Crippen LogP contribution in [0.5, 0.6) is 0 Å². The normalized spacial score (nSPS) is 13.6. The highest BCUT2D eigenvalue weighted by Gasteiger charge is 2.22. The van der Waals surface area contributed by atoms with E-state index in [-0.39, 0.29) is 12.2 Å². The second kappa shape index (κ2) is 11.1. The first-order valence-electron chi connectivity index (χ1n) is 10.1. The summed E-state index contributed by atoms with van der Waals surface area (Å²) in [6, 6.07) is 4.97. The van der Waals surface area contributed by atoms with Crippen molar-refractivity contribution >= 4 is 29.4 Å². The molecule has 11 nitrogen and oxygen atoms in total. The quantitative estimate of drug-likeness (QED) is 0.267. The van der Waals surface area contributed by atoms with E-state index < -0.39 is 17.9 Å². The van der Waals surface area contributed by atoms with Crippen LogP contribution in [0.1, 0.15) is 5.56 Å². The van der Waals surface area contributed by atoms with Gasteiger partial charge in [0.05, 0.1) is 30.4 Å². The van der Waals surface area contributed by atoms with Crippen LogP contribution >= 0.6 is 0 Å². The minimum atomic E-state index is -0.905. The van der Waals surface area contributed by atoms with Gasteiger partial charge in [0.25, 0.3) is 0 Å². The van der Waals surface area contributed by atoms with Gasteiger partial charge < -0.3 is 30.3 Å². The zero-order valence-corrected chi connectivity index (χ0v) is 17.8. The van der Waals surface area contributed by atoms with Gasteiger partial charge in [-0.15, -0.1) is 0 Å². The van der Waals surface area contributed by atoms with Gasteiger partial charge in [0, 0.05) is 45.4 Å². The van der Waals surface area contributed by atoms with Gasteiger partial charge >= 0.3 is 6.09 Å². The molecule has 0 spiro atoms. The number of benzene rings is 1. The molecule has 0 unspecified atom stereocenters. The lowest BCUT2D eigenvalue weighted by molar-refractivity contribution is 0.143. The molecular weight excluding hydrogens is 419 g/mol. The molecule has 1 saturated heterocycles. The molecule has 32 heavy (non-hydrogen) atoms. The summed E-state index contributed by atoms with van der Waals surface area (Å²) in [5, 5.41) is 12.1. The summed E-state index contributed by atoms with van der Waals surface area (Å²) in [6.45, 7) is 3.52. The van der Waals surface area contributed by atoms with Gasteiger partial charge in [-0.1, -0.05) is 12.1 Å². The maximum Gasteiger partial charge on any atom is 0.414 e. The summed E-state index contributed by atoms with van der Waals surface area (Å²) in [6.07, 6.45) is 2.63. The number of alkyl carbamates (subject to hydrolysis) is 1. The first kappa shape index (κ1) is 23.0. The number of nitrogens with zero attached hydrogens (tertiary/aromatic N) is 4. The Balaban J connectivity index is 1.55. The number of ether oxygens (including phenoxy) is 2. The van der Waals surface area contributed by atoms with E-state index in [0.29, 0.717) is 51.0 Å². The lowest BCUT2D eigenvalue weighted by atomic mass is 10.1. The SMILES string of the molecule is COCCNc1ncc(N2CCN(c3cccc(COC(=O)NC(=N)N)c3F)CC2)cn1. The minimum Gasteiger partial charge on any atom is -0.444 e. The van der Waals surface area contributed by atoms with Crippen LogP contribution in [0.4, 0.5) is 26.5 Å². The van der Waals surface area contributed by atoms with Crippen LogP contribution in [0.3, 0.4) is 0 Å². The average molecular weight is 446 g/mol. The molecule has 2 heterocycles. The van der Waals surface area contributed by atoms with E-state index in [2.05, 4.69) is 20.2 Å². The van der Waals surface area contributed by atoms with Crippen LogP contribution in [0.15, 0.2) is 30.6 Å². The number of aromatic nitrogens is 2. The molecular formula is C20H27FN8O3.